The van der Waals surface area contributed by atoms with E-state index in [9.17, 15) is 5.11 Å². The lowest BCUT2D eigenvalue weighted by atomic mass is 9.98. The van der Waals surface area contributed by atoms with Crippen LogP contribution in [-0.2, 0) is 24.6 Å². The summed E-state index contributed by atoms with van der Waals surface area (Å²) in [4.78, 5) is 0. The summed E-state index contributed by atoms with van der Waals surface area (Å²) in [7, 11) is 0. The standard InChI is InChI=1S/C11H15O/c1-3-9-6-5-7-10(4-2)11(9)8-12/h5-7H,3-4,8H2,1-2H3. The fraction of sp³-hybridized carbons (Fsp3) is 0.455. The van der Waals surface area contributed by atoms with Crippen LogP contribution in [0.3, 0.4) is 0 Å². The molecule has 0 saturated carbocycles. The zero-order valence-corrected chi connectivity index (χ0v) is 7.76. The molecule has 65 valence electrons. The first-order valence-electron chi connectivity index (χ1n) is 4.51. The normalized spacial score (nSPS) is 10.2. The molecule has 0 atom stereocenters. The van der Waals surface area contributed by atoms with Gasteiger partial charge in [-0.15, -0.1) is 0 Å². The quantitative estimate of drug-likeness (QED) is 0.653. The molecule has 12 heavy (non-hydrogen) atoms. The Morgan fingerprint density at radius 1 is 1.08 bits per heavy atom. The minimum Gasteiger partial charge on any atom is -0.232 e. The monoisotopic (exact) mass is 163 g/mol. The van der Waals surface area contributed by atoms with Crippen molar-refractivity contribution < 1.29 is 5.11 Å². The maximum absolute atomic E-state index is 10.9. The van der Waals surface area contributed by atoms with Crippen molar-refractivity contribution in [1.82, 2.24) is 0 Å². The SMILES string of the molecule is CCc1cccc(CC)c1C[O]. The van der Waals surface area contributed by atoms with Gasteiger partial charge >= 0.3 is 0 Å². The molecule has 0 fully saturated rings. The van der Waals surface area contributed by atoms with E-state index in [1.54, 1.807) is 0 Å². The summed E-state index contributed by atoms with van der Waals surface area (Å²) in [6, 6.07) is 6.13. The molecule has 1 nitrogen and oxygen atoms in total. The number of aryl methyl sites for hydroxylation is 2. The fourth-order valence-corrected chi connectivity index (χ4v) is 1.54. The predicted molar refractivity (Wildman–Crippen MR) is 49.6 cm³/mol. The molecule has 0 saturated heterocycles. The van der Waals surface area contributed by atoms with E-state index in [0.717, 1.165) is 18.4 Å². The first kappa shape index (κ1) is 9.27. The molecule has 0 amide bonds. The Labute approximate surface area is 74.1 Å². The highest BCUT2D eigenvalue weighted by atomic mass is 16.3. The Bertz CT molecular complexity index is 231. The van der Waals surface area contributed by atoms with Crippen molar-refractivity contribution in [1.29, 1.82) is 0 Å². The highest BCUT2D eigenvalue weighted by Gasteiger charge is 2.03. The molecule has 1 aromatic carbocycles. The van der Waals surface area contributed by atoms with Crippen LogP contribution in [-0.4, -0.2) is 0 Å². The third-order valence-corrected chi connectivity index (χ3v) is 2.28. The van der Waals surface area contributed by atoms with Crippen molar-refractivity contribution in [3.05, 3.63) is 34.9 Å². The highest BCUT2D eigenvalue weighted by Crippen LogP contribution is 2.16. The van der Waals surface area contributed by atoms with Gasteiger partial charge in [0.2, 0.25) is 0 Å². The largest absolute Gasteiger partial charge is 0.232 e. The summed E-state index contributed by atoms with van der Waals surface area (Å²) in [5.41, 5.74) is 3.44. The van der Waals surface area contributed by atoms with Crippen LogP contribution >= 0.6 is 0 Å². The zero-order valence-electron chi connectivity index (χ0n) is 7.76. The molecule has 0 aliphatic heterocycles. The molecule has 0 aromatic heterocycles. The number of benzene rings is 1. The maximum Gasteiger partial charge on any atom is 0.108 e. The van der Waals surface area contributed by atoms with Gasteiger partial charge in [0.25, 0.3) is 0 Å². The van der Waals surface area contributed by atoms with E-state index in [1.807, 2.05) is 18.2 Å². The van der Waals surface area contributed by atoms with Crippen LogP contribution in [0.15, 0.2) is 18.2 Å². The first-order chi connectivity index (χ1) is 5.83. The van der Waals surface area contributed by atoms with Crippen molar-refractivity contribution >= 4 is 0 Å². The topological polar surface area (TPSA) is 19.9 Å². The summed E-state index contributed by atoms with van der Waals surface area (Å²) in [6.07, 6.45) is 1.93. The van der Waals surface area contributed by atoms with Crippen LogP contribution in [0.2, 0.25) is 0 Å². The van der Waals surface area contributed by atoms with Crippen molar-refractivity contribution in [2.75, 3.05) is 0 Å². The average molecular weight is 163 g/mol. The lowest BCUT2D eigenvalue weighted by Gasteiger charge is -2.08. The van der Waals surface area contributed by atoms with Crippen LogP contribution in [0.4, 0.5) is 0 Å². The Kier molecular flexibility index (Phi) is 3.30. The predicted octanol–water partition coefficient (Wildman–Crippen LogP) is 2.74. The Morgan fingerprint density at radius 3 is 1.92 bits per heavy atom. The molecule has 1 radical (unpaired) electrons. The van der Waals surface area contributed by atoms with Crippen LogP contribution in [0.1, 0.15) is 30.5 Å². The number of hydrogen-bond donors (Lipinski definition) is 0. The van der Waals surface area contributed by atoms with Gasteiger partial charge in [0, 0.05) is 0 Å². The maximum atomic E-state index is 10.9. The van der Waals surface area contributed by atoms with Gasteiger partial charge in [0.15, 0.2) is 0 Å². The summed E-state index contributed by atoms with van der Waals surface area (Å²) in [5.74, 6) is 0. The molecule has 1 aromatic rings. The molecule has 0 heterocycles. The van der Waals surface area contributed by atoms with Crippen LogP contribution in [0, 0.1) is 0 Å². The molecule has 0 aliphatic carbocycles. The van der Waals surface area contributed by atoms with E-state index in [1.165, 1.54) is 11.1 Å². The van der Waals surface area contributed by atoms with Gasteiger partial charge in [-0.2, -0.15) is 0 Å². The lowest BCUT2D eigenvalue weighted by molar-refractivity contribution is 0.176. The van der Waals surface area contributed by atoms with Gasteiger partial charge in [-0.1, -0.05) is 32.0 Å². The van der Waals surface area contributed by atoms with Gasteiger partial charge in [0.1, 0.15) is 6.61 Å². The van der Waals surface area contributed by atoms with Gasteiger partial charge in [0.05, 0.1) is 0 Å². The molecular weight excluding hydrogens is 148 g/mol. The molecule has 0 unspecified atom stereocenters. The average Bonchev–Trinajstić information content (AvgIpc) is 2.16. The van der Waals surface area contributed by atoms with Crippen LogP contribution in [0.5, 0.6) is 0 Å². The minimum atomic E-state index is -0.0762. The summed E-state index contributed by atoms with van der Waals surface area (Å²) in [5, 5.41) is 10.9. The molecular formula is C11H15O. The summed E-state index contributed by atoms with van der Waals surface area (Å²) >= 11 is 0. The van der Waals surface area contributed by atoms with Crippen molar-refractivity contribution in [2.45, 2.75) is 33.3 Å². The Morgan fingerprint density at radius 2 is 1.58 bits per heavy atom. The van der Waals surface area contributed by atoms with Gasteiger partial charge in [-0.3, -0.25) is 0 Å². The molecule has 0 spiro atoms. The Balaban J connectivity index is 3.13. The molecule has 1 heteroatoms. The molecule has 0 bridgehead atoms. The molecule has 0 aliphatic rings. The molecule has 1 rings (SSSR count). The molecule has 0 N–H and O–H groups in total. The van der Waals surface area contributed by atoms with Crippen LogP contribution in [0.25, 0.3) is 0 Å². The number of hydrogen-bond acceptors (Lipinski definition) is 0. The van der Waals surface area contributed by atoms with Gasteiger partial charge in [-0.05, 0) is 29.5 Å². The van der Waals surface area contributed by atoms with E-state index in [0.29, 0.717) is 0 Å². The van der Waals surface area contributed by atoms with Gasteiger partial charge in [-0.25, -0.2) is 5.11 Å². The Hall–Kier alpha value is -0.820. The smallest absolute Gasteiger partial charge is 0.108 e. The van der Waals surface area contributed by atoms with E-state index < -0.39 is 0 Å². The second-order valence-electron chi connectivity index (χ2n) is 2.91. The van der Waals surface area contributed by atoms with Gasteiger partial charge < -0.3 is 0 Å². The number of rotatable bonds is 3. The van der Waals surface area contributed by atoms with Crippen molar-refractivity contribution in [3.8, 4) is 0 Å². The second kappa shape index (κ2) is 4.27. The van der Waals surface area contributed by atoms with E-state index >= 15 is 0 Å². The third kappa shape index (κ3) is 1.67. The van der Waals surface area contributed by atoms with Crippen molar-refractivity contribution in [3.63, 3.8) is 0 Å². The minimum absolute atomic E-state index is 0.0762. The van der Waals surface area contributed by atoms with Crippen LogP contribution < -0.4 is 0 Å². The fourth-order valence-electron chi connectivity index (χ4n) is 1.54. The lowest BCUT2D eigenvalue weighted by Crippen LogP contribution is -1.97. The summed E-state index contributed by atoms with van der Waals surface area (Å²) < 4.78 is 0. The zero-order chi connectivity index (χ0) is 8.97. The van der Waals surface area contributed by atoms with E-state index in [-0.39, 0.29) is 6.61 Å². The first-order valence-corrected chi connectivity index (χ1v) is 4.51. The van der Waals surface area contributed by atoms with E-state index in [4.69, 9.17) is 0 Å². The van der Waals surface area contributed by atoms with Crippen molar-refractivity contribution in [2.24, 2.45) is 0 Å². The second-order valence-corrected chi connectivity index (χ2v) is 2.91. The summed E-state index contributed by atoms with van der Waals surface area (Å²) in [6.45, 7) is 4.11. The third-order valence-electron chi connectivity index (χ3n) is 2.28. The van der Waals surface area contributed by atoms with E-state index in [2.05, 4.69) is 13.8 Å². The highest BCUT2D eigenvalue weighted by molar-refractivity contribution is 5.34.